The molecule has 4 rings (SSSR count). The third-order valence-electron chi connectivity index (χ3n) is 6.10. The smallest absolute Gasteiger partial charge is 0.194 e. The fourth-order valence-corrected chi connectivity index (χ4v) is 4.15. The molecule has 0 spiro atoms. The molecule has 0 bridgehead atoms. The van der Waals surface area contributed by atoms with Crippen molar-refractivity contribution in [1.82, 2.24) is 20.1 Å². The monoisotopic (exact) mass is 423 g/mol. The zero-order valence-electron chi connectivity index (χ0n) is 18.5. The molecule has 166 valence electrons. The minimum absolute atomic E-state index is 0.339. The summed E-state index contributed by atoms with van der Waals surface area (Å²) < 4.78 is 0. The lowest BCUT2D eigenvalue weighted by Crippen LogP contribution is -2.52. The van der Waals surface area contributed by atoms with Gasteiger partial charge in [0.05, 0.1) is 5.69 Å². The largest absolute Gasteiger partial charge is 0.506 e. The predicted octanol–water partition coefficient (Wildman–Crippen LogP) is 1.44. The van der Waals surface area contributed by atoms with Gasteiger partial charge < -0.3 is 30.0 Å². The highest BCUT2D eigenvalue weighted by molar-refractivity contribution is 5.80. The highest BCUT2D eigenvalue weighted by Crippen LogP contribution is 2.27. The lowest BCUT2D eigenvalue weighted by molar-refractivity contribution is 0.312. The average Bonchev–Trinajstić information content (AvgIpc) is 2.81. The van der Waals surface area contributed by atoms with Gasteiger partial charge in [-0.05, 0) is 30.8 Å². The summed E-state index contributed by atoms with van der Waals surface area (Å²) in [7, 11) is 3.99. The molecule has 8 nitrogen and oxygen atoms in total. The van der Waals surface area contributed by atoms with Gasteiger partial charge in [0.2, 0.25) is 0 Å². The van der Waals surface area contributed by atoms with Crippen LogP contribution >= 0.6 is 0 Å². The minimum Gasteiger partial charge on any atom is -0.506 e. The number of anilines is 2. The molecular formula is C23H33N7O. The molecule has 2 aromatic rings. The molecule has 2 saturated heterocycles. The maximum absolute atomic E-state index is 10.1. The number of rotatable bonds is 4. The van der Waals surface area contributed by atoms with Gasteiger partial charge in [-0.25, -0.2) is 4.98 Å². The van der Waals surface area contributed by atoms with E-state index in [-0.39, 0.29) is 0 Å². The molecule has 0 unspecified atom stereocenters. The first-order valence-electron chi connectivity index (χ1n) is 11.0. The SMILES string of the molecule is CN=C(NCc1ccc(N2CCN(C)CC2)nc1)N1CCN(c2ccccc2O)CC1. The minimum atomic E-state index is 0.339. The van der Waals surface area contributed by atoms with Gasteiger partial charge in [-0.2, -0.15) is 0 Å². The second-order valence-corrected chi connectivity index (χ2v) is 8.18. The first-order valence-corrected chi connectivity index (χ1v) is 11.0. The standard InChI is InChI=1S/C23H33N7O/c1-24-23(30-15-13-28(14-16-30)20-5-3-4-6-21(20)31)26-18-19-7-8-22(25-17-19)29-11-9-27(2)10-12-29/h3-8,17,31H,9-16,18H2,1-2H3,(H,24,26). The molecule has 0 aliphatic carbocycles. The Morgan fingerprint density at radius 2 is 1.68 bits per heavy atom. The molecule has 2 aliphatic heterocycles. The third-order valence-corrected chi connectivity index (χ3v) is 6.10. The van der Waals surface area contributed by atoms with Crippen molar-refractivity contribution in [2.24, 2.45) is 4.99 Å². The summed E-state index contributed by atoms with van der Waals surface area (Å²) >= 11 is 0. The van der Waals surface area contributed by atoms with Crippen molar-refractivity contribution in [2.75, 3.05) is 76.3 Å². The Morgan fingerprint density at radius 1 is 0.968 bits per heavy atom. The maximum atomic E-state index is 10.1. The zero-order chi connectivity index (χ0) is 21.6. The van der Waals surface area contributed by atoms with Gasteiger partial charge in [0.15, 0.2) is 5.96 Å². The molecular weight excluding hydrogens is 390 g/mol. The van der Waals surface area contributed by atoms with Gasteiger partial charge in [0, 0.05) is 72.1 Å². The number of piperazine rings is 2. The van der Waals surface area contributed by atoms with Crippen LogP contribution < -0.4 is 15.1 Å². The summed E-state index contributed by atoms with van der Waals surface area (Å²) in [5.74, 6) is 2.30. The first-order chi connectivity index (χ1) is 15.1. The molecule has 1 aromatic heterocycles. The van der Waals surface area contributed by atoms with Crippen molar-refractivity contribution in [3.63, 3.8) is 0 Å². The number of phenols is 1. The van der Waals surface area contributed by atoms with Crippen LogP contribution in [-0.2, 0) is 6.54 Å². The topological polar surface area (TPSA) is 70.5 Å². The van der Waals surface area contributed by atoms with Crippen molar-refractivity contribution in [1.29, 1.82) is 0 Å². The Morgan fingerprint density at radius 3 is 2.32 bits per heavy atom. The van der Waals surface area contributed by atoms with Crippen molar-refractivity contribution < 1.29 is 5.11 Å². The fraction of sp³-hybridized carbons (Fsp3) is 0.478. The number of guanidine groups is 1. The van der Waals surface area contributed by atoms with Crippen LogP contribution in [0.5, 0.6) is 5.75 Å². The first kappa shape index (κ1) is 21.2. The highest BCUT2D eigenvalue weighted by atomic mass is 16.3. The second-order valence-electron chi connectivity index (χ2n) is 8.18. The van der Waals surface area contributed by atoms with Crippen LogP contribution in [0.1, 0.15) is 5.56 Å². The van der Waals surface area contributed by atoms with Crippen molar-refractivity contribution in [3.8, 4) is 5.75 Å². The van der Waals surface area contributed by atoms with E-state index < -0.39 is 0 Å². The van der Waals surface area contributed by atoms with Crippen LogP contribution in [0, 0.1) is 0 Å². The molecule has 2 aliphatic rings. The van der Waals surface area contributed by atoms with Gasteiger partial charge in [-0.1, -0.05) is 18.2 Å². The number of likely N-dealkylation sites (N-methyl/N-ethyl adjacent to an activating group) is 1. The number of hydrogen-bond donors (Lipinski definition) is 2. The number of para-hydroxylation sites is 2. The number of aromatic nitrogens is 1. The summed E-state index contributed by atoms with van der Waals surface area (Å²) in [4.78, 5) is 18.3. The number of nitrogens with zero attached hydrogens (tertiary/aromatic N) is 6. The van der Waals surface area contributed by atoms with Crippen LogP contribution in [0.2, 0.25) is 0 Å². The summed E-state index contributed by atoms with van der Waals surface area (Å²) in [5, 5.41) is 13.6. The number of benzene rings is 1. The number of nitrogens with one attached hydrogen (secondary N) is 1. The molecule has 2 fully saturated rings. The van der Waals surface area contributed by atoms with Gasteiger partial charge >= 0.3 is 0 Å². The van der Waals surface area contributed by atoms with E-state index in [1.165, 1.54) is 0 Å². The lowest BCUT2D eigenvalue weighted by atomic mass is 10.2. The fourth-order valence-electron chi connectivity index (χ4n) is 4.15. The Bertz CT molecular complexity index is 870. The molecule has 31 heavy (non-hydrogen) atoms. The normalized spacial score (nSPS) is 18.4. The van der Waals surface area contributed by atoms with E-state index in [1.807, 2.05) is 31.4 Å². The van der Waals surface area contributed by atoms with E-state index in [0.29, 0.717) is 12.3 Å². The summed E-state index contributed by atoms with van der Waals surface area (Å²) in [6.07, 6.45) is 1.96. The van der Waals surface area contributed by atoms with Gasteiger partial charge in [-0.3, -0.25) is 4.99 Å². The number of hydrogen-bond acceptors (Lipinski definition) is 6. The average molecular weight is 424 g/mol. The lowest BCUT2D eigenvalue weighted by Gasteiger charge is -2.37. The van der Waals surface area contributed by atoms with E-state index in [9.17, 15) is 5.11 Å². The molecule has 2 N–H and O–H groups in total. The molecule has 0 atom stereocenters. The number of phenolic OH excluding ortho intramolecular Hbond substituents is 1. The molecule has 8 heteroatoms. The summed E-state index contributed by atoms with van der Waals surface area (Å²) in [6.45, 7) is 8.32. The van der Waals surface area contributed by atoms with Gasteiger partial charge in [0.1, 0.15) is 11.6 Å². The van der Waals surface area contributed by atoms with E-state index >= 15 is 0 Å². The molecule has 0 amide bonds. The molecule has 1 aromatic carbocycles. The van der Waals surface area contributed by atoms with Crippen molar-refractivity contribution >= 4 is 17.5 Å². The van der Waals surface area contributed by atoms with Crippen LogP contribution in [0.3, 0.4) is 0 Å². The maximum Gasteiger partial charge on any atom is 0.194 e. The van der Waals surface area contributed by atoms with E-state index in [2.05, 4.69) is 54.1 Å². The third kappa shape index (κ3) is 5.19. The quantitative estimate of drug-likeness (QED) is 0.570. The Balaban J connectivity index is 1.28. The van der Waals surface area contributed by atoms with E-state index in [4.69, 9.17) is 0 Å². The summed E-state index contributed by atoms with van der Waals surface area (Å²) in [6, 6.07) is 11.8. The van der Waals surface area contributed by atoms with Crippen LogP contribution in [0.15, 0.2) is 47.6 Å². The zero-order valence-corrected chi connectivity index (χ0v) is 18.5. The number of aliphatic imine (C=N–C) groups is 1. The predicted molar refractivity (Wildman–Crippen MR) is 126 cm³/mol. The number of aromatic hydroxyl groups is 1. The molecule has 0 saturated carbocycles. The van der Waals surface area contributed by atoms with Gasteiger partial charge in [-0.15, -0.1) is 0 Å². The van der Waals surface area contributed by atoms with E-state index in [0.717, 1.165) is 75.4 Å². The van der Waals surface area contributed by atoms with Crippen molar-refractivity contribution in [2.45, 2.75) is 6.54 Å². The van der Waals surface area contributed by atoms with Crippen LogP contribution in [0.25, 0.3) is 0 Å². The Labute approximate surface area is 184 Å². The molecule has 0 radical (unpaired) electrons. The van der Waals surface area contributed by atoms with Crippen molar-refractivity contribution in [3.05, 3.63) is 48.2 Å². The Kier molecular flexibility index (Phi) is 6.76. The highest BCUT2D eigenvalue weighted by Gasteiger charge is 2.21. The van der Waals surface area contributed by atoms with E-state index in [1.54, 1.807) is 6.07 Å². The second kappa shape index (κ2) is 9.87. The Hall–Kier alpha value is -3.00. The van der Waals surface area contributed by atoms with Crippen LogP contribution in [-0.4, -0.2) is 92.3 Å². The van der Waals surface area contributed by atoms with Gasteiger partial charge in [0.25, 0.3) is 0 Å². The van der Waals surface area contributed by atoms with Crippen LogP contribution in [0.4, 0.5) is 11.5 Å². The molecule has 3 heterocycles. The summed E-state index contributed by atoms with van der Waals surface area (Å²) in [5.41, 5.74) is 2.04. The number of pyridine rings is 1.